The largest absolute Gasteiger partial charge is 0.0985 e. The van der Waals surface area contributed by atoms with Crippen molar-refractivity contribution in [3.8, 4) is 0 Å². The van der Waals surface area contributed by atoms with Gasteiger partial charge in [0.1, 0.15) is 0 Å². The number of unbranched alkanes of at least 4 members (excludes halogenated alkanes) is 8. The lowest BCUT2D eigenvalue weighted by atomic mass is 9.95. The quantitative estimate of drug-likeness (QED) is 0.361. The van der Waals surface area contributed by atoms with Gasteiger partial charge in [0.2, 0.25) is 0 Å². The summed E-state index contributed by atoms with van der Waals surface area (Å²) in [5.74, 6) is 0. The predicted octanol–water partition coefficient (Wildman–Crippen LogP) is 7.05. The Bertz CT molecular complexity index is 388. The number of rotatable bonds is 12. The molecule has 0 nitrogen and oxygen atoms in total. The molecule has 0 heteroatoms. The smallest absolute Gasteiger partial charge is 0.0224 e. The summed E-state index contributed by atoms with van der Waals surface area (Å²) in [6.07, 6.45) is 17.5. The molecule has 0 N–H and O–H groups in total. The Hall–Kier alpha value is -1.30. The highest BCUT2D eigenvalue weighted by molar-refractivity contribution is 5.62. The van der Waals surface area contributed by atoms with Gasteiger partial charge in [-0.3, -0.25) is 0 Å². The average molecular weight is 284 g/mol. The molecule has 1 aromatic carbocycles. The second kappa shape index (κ2) is 11.4. The Morgan fingerprint density at radius 3 is 1.71 bits per heavy atom. The maximum absolute atomic E-state index is 3.93. The van der Waals surface area contributed by atoms with Crippen LogP contribution in [-0.4, -0.2) is 0 Å². The van der Waals surface area contributed by atoms with Crippen molar-refractivity contribution in [2.45, 2.75) is 71.1 Å². The second-order valence-electron chi connectivity index (χ2n) is 5.90. The molecule has 0 amide bonds. The molecule has 0 saturated heterocycles. The van der Waals surface area contributed by atoms with Gasteiger partial charge in [0, 0.05) is 0 Å². The van der Waals surface area contributed by atoms with Crippen LogP contribution in [0.1, 0.15) is 81.4 Å². The van der Waals surface area contributed by atoms with Crippen molar-refractivity contribution < 1.29 is 0 Å². The zero-order valence-electron chi connectivity index (χ0n) is 13.9. The summed E-state index contributed by atoms with van der Waals surface area (Å²) in [6.45, 7) is 10.1. The van der Waals surface area contributed by atoms with Gasteiger partial charge < -0.3 is 0 Å². The minimum absolute atomic E-state index is 1.15. The lowest BCUT2D eigenvalue weighted by Crippen LogP contribution is -1.94. The van der Waals surface area contributed by atoms with E-state index in [2.05, 4.69) is 38.3 Å². The molecule has 0 bridgehead atoms. The molecule has 0 fully saturated rings. The number of hydrogen-bond donors (Lipinski definition) is 0. The molecule has 0 heterocycles. The molecule has 0 aliphatic rings. The Labute approximate surface area is 132 Å². The van der Waals surface area contributed by atoms with Crippen molar-refractivity contribution in [3.05, 3.63) is 48.0 Å². The minimum atomic E-state index is 1.15. The molecule has 1 rings (SSSR count). The van der Waals surface area contributed by atoms with E-state index in [0.717, 1.165) is 6.42 Å². The first kappa shape index (κ1) is 17.8. The van der Waals surface area contributed by atoms with Crippen LogP contribution in [-0.2, 0) is 6.42 Å². The Kier molecular flexibility index (Phi) is 9.61. The van der Waals surface area contributed by atoms with Gasteiger partial charge in [0.05, 0.1) is 0 Å². The molecule has 21 heavy (non-hydrogen) atoms. The van der Waals surface area contributed by atoms with Crippen molar-refractivity contribution in [1.82, 2.24) is 0 Å². The van der Waals surface area contributed by atoms with E-state index in [-0.39, 0.29) is 0 Å². The van der Waals surface area contributed by atoms with Gasteiger partial charge in [-0.05, 0) is 29.5 Å². The average Bonchev–Trinajstić information content (AvgIpc) is 2.53. The van der Waals surface area contributed by atoms with Crippen molar-refractivity contribution in [3.63, 3.8) is 0 Å². The van der Waals surface area contributed by atoms with Crippen LogP contribution in [0.3, 0.4) is 0 Å². The van der Waals surface area contributed by atoms with Crippen LogP contribution in [0.15, 0.2) is 31.4 Å². The van der Waals surface area contributed by atoms with Crippen LogP contribution in [0, 0.1) is 0 Å². The molecule has 116 valence electrons. The lowest BCUT2D eigenvalue weighted by Gasteiger charge is -2.10. The molecule has 0 aliphatic heterocycles. The first-order valence-electron chi connectivity index (χ1n) is 8.70. The summed E-state index contributed by atoms with van der Waals surface area (Å²) >= 11 is 0. The highest BCUT2D eigenvalue weighted by Gasteiger charge is 2.03. The molecule has 0 radical (unpaired) electrons. The molecule has 0 aliphatic carbocycles. The zero-order chi connectivity index (χ0) is 15.3. The third-order valence-electron chi connectivity index (χ3n) is 4.22. The van der Waals surface area contributed by atoms with Gasteiger partial charge in [-0.2, -0.15) is 0 Å². The van der Waals surface area contributed by atoms with Crippen molar-refractivity contribution in [2.75, 3.05) is 0 Å². The molecule has 0 saturated carbocycles. The van der Waals surface area contributed by atoms with Crippen LogP contribution in [0.5, 0.6) is 0 Å². The molecule has 0 atom stereocenters. The van der Waals surface area contributed by atoms with E-state index in [1.807, 2.05) is 12.2 Å². The summed E-state index contributed by atoms with van der Waals surface area (Å²) in [5.41, 5.74) is 3.96. The van der Waals surface area contributed by atoms with Crippen molar-refractivity contribution in [1.29, 1.82) is 0 Å². The normalized spacial score (nSPS) is 10.5. The van der Waals surface area contributed by atoms with E-state index < -0.39 is 0 Å². The van der Waals surface area contributed by atoms with Gasteiger partial charge in [-0.25, -0.2) is 0 Å². The van der Waals surface area contributed by atoms with E-state index in [1.165, 1.54) is 74.5 Å². The SMILES string of the molecule is C=Cc1cccc(C=C)c1CCCCCCCCCCC. The van der Waals surface area contributed by atoms with E-state index in [4.69, 9.17) is 0 Å². The molecule has 0 unspecified atom stereocenters. The van der Waals surface area contributed by atoms with Gasteiger partial charge in [0.25, 0.3) is 0 Å². The van der Waals surface area contributed by atoms with Gasteiger partial charge in [-0.15, -0.1) is 0 Å². The lowest BCUT2D eigenvalue weighted by molar-refractivity contribution is 0.564. The fourth-order valence-corrected chi connectivity index (χ4v) is 2.91. The fraction of sp³-hybridized carbons (Fsp3) is 0.524. The highest BCUT2D eigenvalue weighted by Crippen LogP contribution is 2.20. The summed E-state index contributed by atoms with van der Waals surface area (Å²) in [4.78, 5) is 0. The first-order valence-corrected chi connectivity index (χ1v) is 8.70. The summed E-state index contributed by atoms with van der Waals surface area (Å²) < 4.78 is 0. The highest BCUT2D eigenvalue weighted by atomic mass is 14.1. The second-order valence-corrected chi connectivity index (χ2v) is 5.90. The summed E-state index contributed by atoms with van der Waals surface area (Å²) in [6, 6.07) is 6.40. The zero-order valence-corrected chi connectivity index (χ0v) is 13.9. The number of hydrogen-bond acceptors (Lipinski definition) is 0. The fourth-order valence-electron chi connectivity index (χ4n) is 2.91. The summed E-state index contributed by atoms with van der Waals surface area (Å²) in [7, 11) is 0. The van der Waals surface area contributed by atoms with Crippen LogP contribution in [0.2, 0.25) is 0 Å². The third kappa shape index (κ3) is 6.80. The molecule has 0 aromatic heterocycles. The van der Waals surface area contributed by atoms with Gasteiger partial charge in [-0.1, -0.05) is 102 Å². The molecular formula is C21H32. The Morgan fingerprint density at radius 1 is 0.762 bits per heavy atom. The monoisotopic (exact) mass is 284 g/mol. The first-order chi connectivity index (χ1) is 10.3. The molecule has 1 aromatic rings. The van der Waals surface area contributed by atoms with Crippen LogP contribution in [0.4, 0.5) is 0 Å². The van der Waals surface area contributed by atoms with E-state index in [0.29, 0.717) is 0 Å². The molecular weight excluding hydrogens is 252 g/mol. The van der Waals surface area contributed by atoms with E-state index >= 15 is 0 Å². The maximum atomic E-state index is 3.93. The predicted molar refractivity (Wildman–Crippen MR) is 97.6 cm³/mol. The van der Waals surface area contributed by atoms with Gasteiger partial charge >= 0.3 is 0 Å². The van der Waals surface area contributed by atoms with Crippen LogP contribution in [0.25, 0.3) is 12.2 Å². The number of benzene rings is 1. The standard InChI is InChI=1S/C21H32/c1-4-7-8-9-10-11-12-13-14-18-21-19(5-2)16-15-17-20(21)6-3/h5-6,15-17H,2-4,7-14,18H2,1H3. The van der Waals surface area contributed by atoms with Crippen LogP contribution < -0.4 is 0 Å². The van der Waals surface area contributed by atoms with Crippen molar-refractivity contribution >= 4 is 12.2 Å². The Balaban J connectivity index is 2.24. The van der Waals surface area contributed by atoms with E-state index in [9.17, 15) is 0 Å². The topological polar surface area (TPSA) is 0 Å². The van der Waals surface area contributed by atoms with Gasteiger partial charge in [0.15, 0.2) is 0 Å². The Morgan fingerprint density at radius 2 is 1.24 bits per heavy atom. The minimum Gasteiger partial charge on any atom is -0.0985 e. The van der Waals surface area contributed by atoms with Crippen LogP contribution >= 0.6 is 0 Å². The summed E-state index contributed by atoms with van der Waals surface area (Å²) in [5, 5.41) is 0. The maximum Gasteiger partial charge on any atom is -0.0224 e. The van der Waals surface area contributed by atoms with Crippen molar-refractivity contribution in [2.24, 2.45) is 0 Å². The van der Waals surface area contributed by atoms with E-state index in [1.54, 1.807) is 0 Å². The third-order valence-corrected chi connectivity index (χ3v) is 4.22. The molecule has 0 spiro atoms.